The first-order valence-electron chi connectivity index (χ1n) is 11.3. The molecule has 0 spiro atoms. The summed E-state index contributed by atoms with van der Waals surface area (Å²) >= 11 is 0. The molecule has 3 rings (SSSR count). The van der Waals surface area contributed by atoms with Crippen LogP contribution in [0.3, 0.4) is 0 Å². The quantitative estimate of drug-likeness (QED) is 0.619. The number of benzene rings is 2. The van der Waals surface area contributed by atoms with Crippen LogP contribution in [-0.2, 0) is 26.2 Å². The minimum absolute atomic E-state index is 0.0513. The van der Waals surface area contributed by atoms with E-state index in [0.29, 0.717) is 6.42 Å². The van der Waals surface area contributed by atoms with Crippen LogP contribution in [-0.4, -0.2) is 53.5 Å². The zero-order valence-corrected chi connectivity index (χ0v) is 20.8. The van der Waals surface area contributed by atoms with Crippen LogP contribution in [0, 0.1) is 0 Å². The van der Waals surface area contributed by atoms with Crippen molar-refractivity contribution in [3.63, 3.8) is 0 Å². The lowest BCUT2D eigenvalue weighted by molar-refractivity contribution is -0.142. The van der Waals surface area contributed by atoms with Crippen LogP contribution in [0.1, 0.15) is 56.5 Å². The van der Waals surface area contributed by atoms with Gasteiger partial charge in [-0.3, -0.25) is 14.4 Å². The Morgan fingerprint density at radius 1 is 1.03 bits per heavy atom. The monoisotopic (exact) mass is 485 g/mol. The summed E-state index contributed by atoms with van der Waals surface area (Å²) in [5, 5.41) is 2.93. The van der Waals surface area contributed by atoms with Crippen molar-refractivity contribution in [2.75, 3.05) is 6.54 Å². The maximum absolute atomic E-state index is 13.4. The number of carbonyl (C=O) groups is 3. The molecule has 1 N–H and O–H groups in total. The Balaban J connectivity index is 1.83. The molecule has 1 atom stereocenters. The second kappa shape index (κ2) is 9.97. The standard InChI is InChI=1S/C25H31N3O5S/c1-5-20(23(30)26-25(2,3)4)27(17-18-11-7-6-8-12-18)22(29)15-16-28-24(31)19-13-9-10-14-21(19)34(28,32)33/h6-14,20H,5,15-17H2,1-4H3,(H,26,30). The summed E-state index contributed by atoms with van der Waals surface area (Å²) in [6.07, 6.45) is 0.151. The Bertz CT molecular complexity index is 1170. The molecule has 182 valence electrons. The molecule has 1 heterocycles. The van der Waals surface area contributed by atoms with Crippen LogP contribution < -0.4 is 5.32 Å². The number of sulfonamides is 1. The van der Waals surface area contributed by atoms with Crippen LogP contribution in [0.2, 0.25) is 0 Å². The van der Waals surface area contributed by atoms with Gasteiger partial charge in [-0.05, 0) is 44.9 Å². The zero-order chi connectivity index (χ0) is 25.1. The number of nitrogens with zero attached hydrogens (tertiary/aromatic N) is 2. The fourth-order valence-corrected chi connectivity index (χ4v) is 5.52. The summed E-state index contributed by atoms with van der Waals surface area (Å²) in [6, 6.07) is 14.5. The molecular weight excluding hydrogens is 454 g/mol. The fourth-order valence-electron chi connectivity index (χ4n) is 3.95. The summed E-state index contributed by atoms with van der Waals surface area (Å²) in [7, 11) is -4.01. The molecule has 2 aromatic carbocycles. The van der Waals surface area contributed by atoms with Gasteiger partial charge in [-0.2, -0.15) is 0 Å². The van der Waals surface area contributed by atoms with Gasteiger partial charge in [0, 0.05) is 25.0 Å². The van der Waals surface area contributed by atoms with E-state index >= 15 is 0 Å². The third-order valence-corrected chi connectivity index (χ3v) is 7.36. The minimum Gasteiger partial charge on any atom is -0.350 e. The first kappa shape index (κ1) is 25.4. The van der Waals surface area contributed by atoms with Crippen molar-refractivity contribution in [1.82, 2.24) is 14.5 Å². The van der Waals surface area contributed by atoms with Gasteiger partial charge in [0.05, 0.1) is 5.56 Å². The van der Waals surface area contributed by atoms with Gasteiger partial charge in [-0.15, -0.1) is 0 Å². The first-order valence-corrected chi connectivity index (χ1v) is 12.7. The van der Waals surface area contributed by atoms with Gasteiger partial charge >= 0.3 is 0 Å². The van der Waals surface area contributed by atoms with Crippen LogP contribution in [0.15, 0.2) is 59.5 Å². The highest BCUT2D eigenvalue weighted by Gasteiger charge is 2.41. The molecule has 1 unspecified atom stereocenters. The van der Waals surface area contributed by atoms with Gasteiger partial charge in [0.15, 0.2) is 0 Å². The summed E-state index contributed by atoms with van der Waals surface area (Å²) in [5.74, 6) is -1.33. The fraction of sp³-hybridized carbons (Fsp3) is 0.400. The summed E-state index contributed by atoms with van der Waals surface area (Å²) < 4.78 is 26.4. The van der Waals surface area contributed by atoms with E-state index in [1.54, 1.807) is 12.1 Å². The number of hydrogen-bond acceptors (Lipinski definition) is 5. The van der Waals surface area contributed by atoms with Crippen molar-refractivity contribution in [2.45, 2.75) is 63.6 Å². The number of rotatable bonds is 8. The Hall–Kier alpha value is -3.20. The maximum atomic E-state index is 13.4. The van der Waals surface area contributed by atoms with E-state index in [0.717, 1.165) is 9.87 Å². The molecule has 0 aliphatic carbocycles. The van der Waals surface area contributed by atoms with E-state index < -0.39 is 33.4 Å². The lowest BCUT2D eigenvalue weighted by atomic mass is 10.1. The molecule has 1 aliphatic heterocycles. The van der Waals surface area contributed by atoms with E-state index in [2.05, 4.69) is 5.32 Å². The summed E-state index contributed by atoms with van der Waals surface area (Å²) in [5.41, 5.74) is 0.468. The Morgan fingerprint density at radius 3 is 2.24 bits per heavy atom. The van der Waals surface area contributed by atoms with Gasteiger partial charge in [0.2, 0.25) is 11.8 Å². The normalized spacial score (nSPS) is 15.5. The van der Waals surface area contributed by atoms with E-state index in [1.165, 1.54) is 17.0 Å². The molecule has 0 fully saturated rings. The molecule has 0 aromatic heterocycles. The third kappa shape index (κ3) is 5.47. The van der Waals surface area contributed by atoms with Gasteiger partial charge in [-0.1, -0.05) is 49.4 Å². The molecule has 0 bridgehead atoms. The van der Waals surface area contributed by atoms with Crippen molar-refractivity contribution < 1.29 is 22.8 Å². The van der Waals surface area contributed by atoms with E-state index in [1.807, 2.05) is 58.0 Å². The van der Waals surface area contributed by atoms with Crippen molar-refractivity contribution in [3.8, 4) is 0 Å². The van der Waals surface area contributed by atoms with Gasteiger partial charge < -0.3 is 10.2 Å². The highest BCUT2D eigenvalue weighted by atomic mass is 32.2. The van der Waals surface area contributed by atoms with E-state index in [-0.39, 0.29) is 35.9 Å². The van der Waals surface area contributed by atoms with Crippen LogP contribution >= 0.6 is 0 Å². The van der Waals surface area contributed by atoms with Crippen molar-refractivity contribution >= 4 is 27.7 Å². The molecule has 3 amide bonds. The Kier molecular flexibility index (Phi) is 7.45. The molecule has 8 nitrogen and oxygen atoms in total. The third-order valence-electron chi connectivity index (χ3n) is 5.52. The molecule has 0 radical (unpaired) electrons. The summed E-state index contributed by atoms with van der Waals surface area (Å²) in [6.45, 7) is 7.31. The number of fused-ring (bicyclic) bond motifs is 1. The van der Waals surface area contributed by atoms with E-state index in [4.69, 9.17) is 0 Å². The summed E-state index contributed by atoms with van der Waals surface area (Å²) in [4.78, 5) is 40.5. The molecule has 9 heteroatoms. The van der Waals surface area contributed by atoms with Gasteiger partial charge in [-0.25, -0.2) is 12.7 Å². The Labute approximate surface area is 201 Å². The lowest BCUT2D eigenvalue weighted by Crippen LogP contribution is -2.53. The van der Waals surface area contributed by atoms with E-state index in [9.17, 15) is 22.8 Å². The zero-order valence-electron chi connectivity index (χ0n) is 19.9. The second-order valence-electron chi connectivity index (χ2n) is 9.30. The first-order chi connectivity index (χ1) is 16.0. The van der Waals surface area contributed by atoms with Crippen molar-refractivity contribution in [1.29, 1.82) is 0 Å². The topological polar surface area (TPSA) is 104 Å². The van der Waals surface area contributed by atoms with Crippen molar-refractivity contribution in [2.24, 2.45) is 0 Å². The number of amides is 3. The largest absolute Gasteiger partial charge is 0.350 e. The molecule has 34 heavy (non-hydrogen) atoms. The number of hydrogen-bond donors (Lipinski definition) is 1. The predicted octanol–water partition coefficient (Wildman–Crippen LogP) is 2.94. The van der Waals surface area contributed by atoms with Gasteiger partial charge in [0.25, 0.3) is 15.9 Å². The average molecular weight is 486 g/mol. The molecule has 1 aliphatic rings. The number of carbonyl (C=O) groups excluding carboxylic acids is 3. The van der Waals surface area contributed by atoms with Crippen LogP contribution in [0.4, 0.5) is 0 Å². The Morgan fingerprint density at radius 2 is 1.65 bits per heavy atom. The average Bonchev–Trinajstić information content (AvgIpc) is 2.97. The minimum atomic E-state index is -4.01. The SMILES string of the molecule is CCC(C(=O)NC(C)(C)C)N(Cc1ccccc1)C(=O)CCN1C(=O)c2ccccc2S1(=O)=O. The maximum Gasteiger partial charge on any atom is 0.269 e. The molecule has 0 saturated heterocycles. The van der Waals surface area contributed by atoms with Gasteiger partial charge in [0.1, 0.15) is 10.9 Å². The second-order valence-corrected chi connectivity index (χ2v) is 11.1. The molecule has 0 saturated carbocycles. The van der Waals surface area contributed by atoms with Crippen molar-refractivity contribution in [3.05, 3.63) is 65.7 Å². The molecule has 2 aromatic rings. The molecular formula is C25H31N3O5S. The van der Waals surface area contributed by atoms with Crippen LogP contribution in [0.25, 0.3) is 0 Å². The highest BCUT2D eigenvalue weighted by molar-refractivity contribution is 7.90. The van der Waals surface area contributed by atoms with Crippen LogP contribution in [0.5, 0.6) is 0 Å². The lowest BCUT2D eigenvalue weighted by Gasteiger charge is -2.33. The smallest absolute Gasteiger partial charge is 0.269 e. The highest BCUT2D eigenvalue weighted by Crippen LogP contribution is 2.30. The predicted molar refractivity (Wildman–Crippen MR) is 128 cm³/mol. The number of nitrogens with one attached hydrogen (secondary N) is 1.